The summed E-state index contributed by atoms with van der Waals surface area (Å²) in [6.45, 7) is 7.70. The molecule has 1 amide bonds. The van der Waals surface area contributed by atoms with Crippen molar-refractivity contribution >= 4 is 17.7 Å². The van der Waals surface area contributed by atoms with Crippen molar-refractivity contribution in [3.8, 4) is 17.6 Å². The fraction of sp³-hybridized carbons (Fsp3) is 0.435. The van der Waals surface area contributed by atoms with E-state index in [9.17, 15) is 10.1 Å². The minimum absolute atomic E-state index is 0.0406. The van der Waals surface area contributed by atoms with E-state index in [1.165, 1.54) is 11.8 Å². The fourth-order valence-electron chi connectivity index (χ4n) is 4.04. The second-order valence-electron chi connectivity index (χ2n) is 7.68. The van der Waals surface area contributed by atoms with E-state index in [4.69, 9.17) is 9.47 Å². The average molecular weight is 424 g/mol. The van der Waals surface area contributed by atoms with Crippen molar-refractivity contribution in [2.75, 3.05) is 25.5 Å². The van der Waals surface area contributed by atoms with Crippen LogP contribution in [-0.4, -0.2) is 41.3 Å². The molecule has 0 radical (unpaired) electrons. The zero-order chi connectivity index (χ0) is 21.3. The number of pyridine rings is 1. The minimum atomic E-state index is 0.0406. The Morgan fingerprint density at radius 3 is 2.77 bits per heavy atom. The van der Waals surface area contributed by atoms with Gasteiger partial charge in [-0.15, -0.1) is 0 Å². The van der Waals surface area contributed by atoms with E-state index < -0.39 is 0 Å². The second-order valence-corrected chi connectivity index (χ2v) is 8.64. The summed E-state index contributed by atoms with van der Waals surface area (Å²) in [5.41, 5.74) is 4.51. The molecule has 156 valence electrons. The van der Waals surface area contributed by atoms with E-state index in [0.717, 1.165) is 53.3 Å². The molecule has 1 fully saturated rings. The molecule has 0 aliphatic carbocycles. The number of ether oxygens (including phenoxy) is 2. The number of thioether (sulfide) groups is 1. The lowest BCUT2D eigenvalue weighted by Crippen LogP contribution is -2.32. The largest absolute Gasteiger partial charge is 0.486 e. The van der Waals surface area contributed by atoms with Crippen molar-refractivity contribution in [2.24, 2.45) is 0 Å². The molecule has 0 N–H and O–H groups in total. The maximum Gasteiger partial charge on any atom is 0.233 e. The number of rotatable bonds is 4. The maximum absolute atomic E-state index is 13.1. The summed E-state index contributed by atoms with van der Waals surface area (Å²) in [6, 6.07) is 8.25. The smallest absolute Gasteiger partial charge is 0.233 e. The molecule has 3 heterocycles. The number of carbonyl (C=O) groups excluding carboxylic acids is 1. The Hall–Kier alpha value is -2.72. The third kappa shape index (κ3) is 3.84. The normalized spacial score (nSPS) is 17.7. The Kier molecular flexibility index (Phi) is 5.87. The quantitative estimate of drug-likeness (QED) is 0.689. The number of hydrogen-bond donors (Lipinski definition) is 0. The zero-order valence-electron chi connectivity index (χ0n) is 17.5. The monoisotopic (exact) mass is 423 g/mol. The first-order valence-corrected chi connectivity index (χ1v) is 11.2. The molecule has 1 unspecified atom stereocenters. The van der Waals surface area contributed by atoms with Gasteiger partial charge < -0.3 is 14.4 Å². The van der Waals surface area contributed by atoms with Gasteiger partial charge in [-0.3, -0.25) is 4.79 Å². The van der Waals surface area contributed by atoms with Crippen LogP contribution in [0.1, 0.15) is 46.8 Å². The molecule has 0 bridgehead atoms. The molecular weight excluding hydrogens is 398 g/mol. The third-order valence-electron chi connectivity index (χ3n) is 5.93. The maximum atomic E-state index is 13.1. The van der Waals surface area contributed by atoms with E-state index in [0.29, 0.717) is 23.8 Å². The van der Waals surface area contributed by atoms with Gasteiger partial charge in [-0.1, -0.05) is 17.8 Å². The summed E-state index contributed by atoms with van der Waals surface area (Å²) in [6.07, 6.45) is 1.90. The third-order valence-corrected chi connectivity index (χ3v) is 6.89. The van der Waals surface area contributed by atoms with Gasteiger partial charge in [-0.05, 0) is 62.4 Å². The molecule has 2 aromatic rings. The van der Waals surface area contributed by atoms with E-state index in [1.807, 2.05) is 43.9 Å². The van der Waals surface area contributed by atoms with Gasteiger partial charge >= 0.3 is 0 Å². The van der Waals surface area contributed by atoms with Gasteiger partial charge in [0.05, 0.1) is 17.4 Å². The molecule has 1 atom stereocenters. The van der Waals surface area contributed by atoms with Crippen LogP contribution in [0.5, 0.6) is 11.5 Å². The minimum Gasteiger partial charge on any atom is -0.486 e. The van der Waals surface area contributed by atoms with Crippen LogP contribution in [0.3, 0.4) is 0 Å². The molecule has 6 nitrogen and oxygen atoms in total. The molecule has 0 spiro atoms. The highest BCUT2D eigenvalue weighted by Crippen LogP contribution is 2.38. The lowest BCUT2D eigenvalue weighted by Gasteiger charge is -2.26. The van der Waals surface area contributed by atoms with Gasteiger partial charge in [0.15, 0.2) is 11.5 Å². The van der Waals surface area contributed by atoms with E-state index in [-0.39, 0.29) is 17.7 Å². The van der Waals surface area contributed by atoms with Crippen molar-refractivity contribution in [1.29, 1.82) is 5.26 Å². The lowest BCUT2D eigenvalue weighted by molar-refractivity contribution is -0.129. The number of carbonyl (C=O) groups is 1. The molecule has 1 aromatic heterocycles. The topological polar surface area (TPSA) is 75.5 Å². The van der Waals surface area contributed by atoms with E-state index in [2.05, 4.69) is 11.1 Å². The average Bonchev–Trinajstić information content (AvgIpc) is 3.25. The van der Waals surface area contributed by atoms with Crippen LogP contribution in [0, 0.1) is 32.1 Å². The van der Waals surface area contributed by atoms with Gasteiger partial charge in [-0.2, -0.15) is 5.26 Å². The highest BCUT2D eigenvalue weighted by atomic mass is 32.2. The number of aryl methyl sites for hydroxylation is 1. The Labute approximate surface area is 181 Å². The predicted octanol–water partition coefficient (Wildman–Crippen LogP) is 4.11. The molecule has 30 heavy (non-hydrogen) atoms. The number of amides is 1. The van der Waals surface area contributed by atoms with Crippen LogP contribution in [0.25, 0.3) is 0 Å². The fourth-order valence-corrected chi connectivity index (χ4v) is 5.01. The highest BCUT2D eigenvalue weighted by molar-refractivity contribution is 8.00. The van der Waals surface area contributed by atoms with E-state index in [1.54, 1.807) is 0 Å². The number of likely N-dealkylation sites (tertiary alicyclic amines) is 1. The molecular formula is C23H25N3O3S. The Balaban J connectivity index is 1.49. The van der Waals surface area contributed by atoms with Crippen LogP contribution < -0.4 is 9.47 Å². The first-order valence-electron chi connectivity index (χ1n) is 10.2. The summed E-state index contributed by atoms with van der Waals surface area (Å²) in [5, 5.41) is 10.2. The highest BCUT2D eigenvalue weighted by Gasteiger charge is 2.31. The van der Waals surface area contributed by atoms with Gasteiger partial charge in [0.2, 0.25) is 5.91 Å². The molecule has 7 heteroatoms. The second kappa shape index (κ2) is 8.57. The molecule has 0 saturated carbocycles. The lowest BCUT2D eigenvalue weighted by atomic mass is 10.0. The number of benzene rings is 1. The number of nitriles is 1. The molecule has 2 aliphatic heterocycles. The summed E-state index contributed by atoms with van der Waals surface area (Å²) in [7, 11) is 0. The Bertz CT molecular complexity index is 1030. The standard InChI is InChI=1S/C23H25N3O3S/c1-14-15(2)18(12-24)23(25-16(14)3)30-13-22(27)26-8-4-5-19(26)17-6-7-20-21(11-17)29-10-9-28-20/h6-7,11,19H,4-5,8-10,13H2,1-3H3. The van der Waals surface area contributed by atoms with Crippen LogP contribution in [0.15, 0.2) is 23.2 Å². The summed E-state index contributed by atoms with van der Waals surface area (Å²) >= 11 is 1.35. The van der Waals surface area contributed by atoms with Crippen LogP contribution in [-0.2, 0) is 4.79 Å². The number of fused-ring (bicyclic) bond motifs is 1. The van der Waals surface area contributed by atoms with Crippen molar-refractivity contribution < 1.29 is 14.3 Å². The predicted molar refractivity (Wildman–Crippen MR) is 115 cm³/mol. The summed E-state index contributed by atoms with van der Waals surface area (Å²) < 4.78 is 11.3. The van der Waals surface area contributed by atoms with E-state index >= 15 is 0 Å². The first-order chi connectivity index (χ1) is 14.5. The number of nitrogens with zero attached hydrogens (tertiary/aromatic N) is 3. The SMILES string of the molecule is Cc1nc(SCC(=O)N2CCCC2c2ccc3c(c2)OCCO3)c(C#N)c(C)c1C. The number of aromatic nitrogens is 1. The zero-order valence-corrected chi connectivity index (χ0v) is 18.3. The van der Waals surface area contributed by atoms with Gasteiger partial charge in [0.25, 0.3) is 0 Å². The summed E-state index contributed by atoms with van der Waals surface area (Å²) in [4.78, 5) is 19.6. The van der Waals surface area contributed by atoms with Crippen molar-refractivity contribution in [2.45, 2.75) is 44.7 Å². The van der Waals surface area contributed by atoms with Crippen molar-refractivity contribution in [3.63, 3.8) is 0 Å². The van der Waals surface area contributed by atoms with Crippen molar-refractivity contribution in [1.82, 2.24) is 9.88 Å². The van der Waals surface area contributed by atoms with Crippen LogP contribution in [0.2, 0.25) is 0 Å². The van der Waals surface area contributed by atoms with Gasteiger partial charge in [0, 0.05) is 12.2 Å². The molecule has 1 saturated heterocycles. The van der Waals surface area contributed by atoms with Crippen molar-refractivity contribution in [3.05, 3.63) is 46.1 Å². The summed E-state index contributed by atoms with van der Waals surface area (Å²) in [5.74, 6) is 1.85. The Morgan fingerprint density at radius 1 is 1.23 bits per heavy atom. The van der Waals surface area contributed by atoms with Gasteiger partial charge in [-0.25, -0.2) is 4.98 Å². The van der Waals surface area contributed by atoms with Gasteiger partial charge in [0.1, 0.15) is 24.3 Å². The van der Waals surface area contributed by atoms with Crippen LogP contribution >= 0.6 is 11.8 Å². The molecule has 4 rings (SSSR count). The van der Waals surface area contributed by atoms with Crippen LogP contribution in [0.4, 0.5) is 0 Å². The Morgan fingerprint density at radius 2 is 2.00 bits per heavy atom. The first kappa shape index (κ1) is 20.5. The molecule has 2 aliphatic rings. The number of hydrogen-bond acceptors (Lipinski definition) is 6. The molecule has 1 aromatic carbocycles.